The van der Waals surface area contributed by atoms with Gasteiger partial charge in [0.25, 0.3) is 5.56 Å². The third-order valence-electron chi connectivity index (χ3n) is 4.57. The smallest absolute Gasteiger partial charge is 0.439 e. The molecule has 0 atom stereocenters. The molecule has 4 aromatic rings. The maximum Gasteiger partial charge on any atom is 0.440 e. The SMILES string of the molecule is C/C=C/Cl.CC.CC.O=c1c(C(F)(F)F)nnc(Nc2ccc(Oc3ccccn3)cc2)n1Cc1ccc(Cl)cc1. The summed E-state index contributed by atoms with van der Waals surface area (Å²) in [6.07, 6.45) is -1.58. The van der Waals surface area contributed by atoms with Crippen LogP contribution in [0.1, 0.15) is 45.9 Å². The van der Waals surface area contributed by atoms with Gasteiger partial charge in [-0.15, -0.1) is 10.2 Å². The summed E-state index contributed by atoms with van der Waals surface area (Å²) in [4.78, 5) is 16.7. The van der Waals surface area contributed by atoms with Crippen molar-refractivity contribution in [2.75, 3.05) is 5.32 Å². The van der Waals surface area contributed by atoms with E-state index in [4.69, 9.17) is 27.9 Å². The van der Waals surface area contributed by atoms with Crippen LogP contribution < -0.4 is 15.6 Å². The van der Waals surface area contributed by atoms with Gasteiger partial charge in [-0.2, -0.15) is 13.2 Å². The molecule has 0 bridgehead atoms. The summed E-state index contributed by atoms with van der Waals surface area (Å²) in [7, 11) is 0. The summed E-state index contributed by atoms with van der Waals surface area (Å²) in [5.41, 5.74) is -0.419. The number of ether oxygens (including phenoxy) is 1. The highest BCUT2D eigenvalue weighted by molar-refractivity contribution is 6.30. The monoisotopic (exact) mass is 609 g/mol. The first-order chi connectivity index (χ1) is 19.7. The Morgan fingerprint density at radius 2 is 1.56 bits per heavy atom. The molecule has 2 aromatic carbocycles. The van der Waals surface area contributed by atoms with Crippen LogP contribution in [0.25, 0.3) is 0 Å². The molecule has 4 rings (SSSR count). The zero-order valence-electron chi connectivity index (χ0n) is 23.3. The van der Waals surface area contributed by atoms with Gasteiger partial charge in [0.1, 0.15) is 5.75 Å². The van der Waals surface area contributed by atoms with Gasteiger partial charge in [0.2, 0.25) is 17.5 Å². The topological polar surface area (TPSA) is 81.9 Å². The first kappa shape index (κ1) is 35.1. The van der Waals surface area contributed by atoms with E-state index in [9.17, 15) is 18.0 Å². The van der Waals surface area contributed by atoms with E-state index in [2.05, 4.69) is 20.5 Å². The molecular formula is C29H32Cl2F3N5O2. The molecule has 7 nitrogen and oxygen atoms in total. The Morgan fingerprint density at radius 1 is 0.951 bits per heavy atom. The molecular weight excluding hydrogens is 578 g/mol. The van der Waals surface area contributed by atoms with E-state index in [1.165, 1.54) is 5.54 Å². The minimum absolute atomic E-state index is 0.152. The maximum absolute atomic E-state index is 13.2. The lowest BCUT2D eigenvalue weighted by molar-refractivity contribution is -0.143. The number of pyridine rings is 1. The number of benzene rings is 2. The first-order valence-corrected chi connectivity index (χ1v) is 13.5. The normalized spacial score (nSPS) is 10.3. The van der Waals surface area contributed by atoms with Crippen LogP contribution in [0.3, 0.4) is 0 Å². The number of allylic oxidation sites excluding steroid dienone is 1. The van der Waals surface area contributed by atoms with E-state index < -0.39 is 17.4 Å². The van der Waals surface area contributed by atoms with Crippen LogP contribution in [0.5, 0.6) is 11.6 Å². The number of anilines is 2. The van der Waals surface area contributed by atoms with E-state index in [1.807, 2.05) is 34.6 Å². The van der Waals surface area contributed by atoms with Crippen LogP contribution in [-0.2, 0) is 12.7 Å². The van der Waals surface area contributed by atoms with Crippen molar-refractivity contribution in [1.82, 2.24) is 19.7 Å². The zero-order chi connectivity index (χ0) is 30.8. The molecule has 0 saturated heterocycles. The molecule has 41 heavy (non-hydrogen) atoms. The number of alkyl halides is 3. The molecule has 2 heterocycles. The van der Waals surface area contributed by atoms with Crippen molar-refractivity contribution in [2.45, 2.75) is 47.3 Å². The Hall–Kier alpha value is -3.89. The number of hydrogen-bond acceptors (Lipinski definition) is 6. The predicted molar refractivity (Wildman–Crippen MR) is 159 cm³/mol. The average molecular weight is 611 g/mol. The van der Waals surface area contributed by atoms with Gasteiger partial charge in [0, 0.05) is 23.0 Å². The second-order valence-corrected chi connectivity index (χ2v) is 7.95. The van der Waals surface area contributed by atoms with Gasteiger partial charge in [-0.25, -0.2) is 4.98 Å². The Morgan fingerprint density at radius 3 is 2.07 bits per heavy atom. The van der Waals surface area contributed by atoms with Crippen molar-refractivity contribution in [1.29, 1.82) is 0 Å². The molecule has 12 heteroatoms. The lowest BCUT2D eigenvalue weighted by Gasteiger charge is -2.15. The summed E-state index contributed by atoms with van der Waals surface area (Å²) in [6, 6.07) is 18.1. The maximum atomic E-state index is 13.2. The summed E-state index contributed by atoms with van der Waals surface area (Å²) >= 11 is 10.9. The number of halogens is 5. The fourth-order valence-electron chi connectivity index (χ4n) is 2.87. The van der Waals surface area contributed by atoms with Crippen molar-refractivity contribution < 1.29 is 17.9 Å². The van der Waals surface area contributed by atoms with Crippen molar-refractivity contribution in [2.24, 2.45) is 0 Å². The summed E-state index contributed by atoms with van der Waals surface area (Å²) in [6.45, 7) is 9.70. The number of nitrogens with zero attached hydrogens (tertiary/aromatic N) is 4. The predicted octanol–water partition coefficient (Wildman–Crippen LogP) is 9.10. The van der Waals surface area contributed by atoms with Crippen molar-refractivity contribution in [3.8, 4) is 11.6 Å². The summed E-state index contributed by atoms with van der Waals surface area (Å²) < 4.78 is 46.2. The third kappa shape index (κ3) is 11.6. The Balaban J connectivity index is 0.000000950. The minimum atomic E-state index is -4.94. The lowest BCUT2D eigenvalue weighted by atomic mass is 10.2. The van der Waals surface area contributed by atoms with Crippen LogP contribution in [0.15, 0.2) is 89.3 Å². The Kier molecular flexibility index (Phi) is 15.8. The van der Waals surface area contributed by atoms with E-state index in [-0.39, 0.29) is 12.5 Å². The third-order valence-corrected chi connectivity index (χ3v) is 5.07. The highest BCUT2D eigenvalue weighted by atomic mass is 35.5. The minimum Gasteiger partial charge on any atom is -0.439 e. The molecule has 0 spiro atoms. The van der Waals surface area contributed by atoms with E-state index >= 15 is 0 Å². The second-order valence-electron chi connectivity index (χ2n) is 7.27. The van der Waals surface area contributed by atoms with Gasteiger partial charge in [-0.1, -0.05) is 75.2 Å². The van der Waals surface area contributed by atoms with Crippen LogP contribution in [0.4, 0.5) is 24.8 Å². The van der Waals surface area contributed by atoms with Crippen LogP contribution in [-0.4, -0.2) is 19.7 Å². The van der Waals surface area contributed by atoms with Crippen LogP contribution in [0, 0.1) is 0 Å². The van der Waals surface area contributed by atoms with Gasteiger partial charge in [0.15, 0.2) is 0 Å². The van der Waals surface area contributed by atoms with Gasteiger partial charge in [0.05, 0.1) is 6.54 Å². The number of hydrogen-bond donors (Lipinski definition) is 1. The van der Waals surface area contributed by atoms with E-state index in [0.29, 0.717) is 27.9 Å². The fourth-order valence-corrected chi connectivity index (χ4v) is 3.00. The van der Waals surface area contributed by atoms with Gasteiger partial charge in [-0.05, 0) is 60.5 Å². The molecule has 2 aromatic heterocycles. The van der Waals surface area contributed by atoms with Crippen molar-refractivity contribution in [3.05, 3.63) is 111 Å². The van der Waals surface area contributed by atoms with E-state index in [0.717, 1.165) is 4.57 Å². The lowest BCUT2D eigenvalue weighted by Crippen LogP contribution is -2.33. The first-order valence-electron chi connectivity index (χ1n) is 12.7. The van der Waals surface area contributed by atoms with Gasteiger partial charge >= 0.3 is 6.18 Å². The zero-order valence-corrected chi connectivity index (χ0v) is 24.8. The molecule has 0 unspecified atom stereocenters. The molecule has 1 N–H and O–H groups in total. The Labute approximate surface area is 247 Å². The summed E-state index contributed by atoms with van der Waals surface area (Å²) in [5, 5.41) is 10.0. The molecule has 0 radical (unpaired) electrons. The second kappa shape index (κ2) is 18.5. The number of aromatic nitrogens is 4. The molecule has 0 saturated carbocycles. The molecule has 0 amide bonds. The quantitative estimate of drug-likeness (QED) is 0.235. The van der Waals surface area contributed by atoms with E-state index in [1.54, 1.807) is 79.0 Å². The molecule has 0 aliphatic carbocycles. The standard InChI is InChI=1S/C22H15ClF3N5O2.C3H5Cl.2C2H6/c23-15-6-4-14(5-7-15)13-31-20(32)19(22(24,25)26)29-30-21(31)28-16-8-10-17(11-9-16)33-18-3-1-2-12-27-18;1-2-3-4;2*1-2/h1-12H,13H2,(H,28,30);2-3H,1H3;2*1-2H3/b;3-2+;;. The highest BCUT2D eigenvalue weighted by Crippen LogP contribution is 2.26. The Bertz CT molecular complexity index is 1380. The van der Waals surface area contributed by atoms with Gasteiger partial charge in [-0.3, -0.25) is 9.36 Å². The molecule has 0 aliphatic heterocycles. The molecule has 220 valence electrons. The van der Waals surface area contributed by atoms with Gasteiger partial charge < -0.3 is 10.1 Å². The molecule has 0 fully saturated rings. The van der Waals surface area contributed by atoms with Crippen LogP contribution >= 0.6 is 23.2 Å². The summed E-state index contributed by atoms with van der Waals surface area (Å²) in [5.74, 6) is 0.751. The van der Waals surface area contributed by atoms with Crippen molar-refractivity contribution >= 4 is 34.8 Å². The van der Waals surface area contributed by atoms with Crippen molar-refractivity contribution in [3.63, 3.8) is 0 Å². The number of nitrogens with one attached hydrogen (secondary N) is 1. The average Bonchev–Trinajstić information content (AvgIpc) is 2.99. The number of rotatable bonds is 6. The fraction of sp³-hybridized carbons (Fsp3) is 0.241. The van der Waals surface area contributed by atoms with Crippen LogP contribution in [0.2, 0.25) is 5.02 Å². The largest absolute Gasteiger partial charge is 0.440 e. The molecule has 0 aliphatic rings. The highest BCUT2D eigenvalue weighted by Gasteiger charge is 2.38.